The Morgan fingerprint density at radius 1 is 0.947 bits per heavy atom. The number of benzene rings is 2. The molecule has 0 bridgehead atoms. The van der Waals surface area contributed by atoms with Gasteiger partial charge in [-0.25, -0.2) is 0 Å². The quantitative estimate of drug-likeness (QED) is 0.718. The van der Waals surface area contributed by atoms with Crippen molar-refractivity contribution in [3.8, 4) is 0 Å². The second-order valence-corrected chi connectivity index (χ2v) is 5.59. The smallest absolute Gasteiger partial charge is 0.0230 e. The first kappa shape index (κ1) is 14.3. The summed E-state index contributed by atoms with van der Waals surface area (Å²) in [6.45, 7) is 2.06. The van der Waals surface area contributed by atoms with E-state index in [2.05, 4.69) is 88.5 Å². The van der Waals surface area contributed by atoms with E-state index in [0.717, 1.165) is 18.4 Å². The lowest BCUT2D eigenvalue weighted by atomic mass is 10.0. The molecule has 2 aromatic rings. The van der Waals surface area contributed by atoms with Gasteiger partial charge in [0.1, 0.15) is 0 Å². The normalized spacial score (nSPS) is 12.6. The molecule has 0 unspecified atom stereocenters. The Bertz CT molecular complexity index is 469. The molecule has 100 valence electrons. The van der Waals surface area contributed by atoms with Crippen LogP contribution in [-0.4, -0.2) is 23.8 Å². The second kappa shape index (κ2) is 7.46. The molecule has 0 aliphatic rings. The topological polar surface area (TPSA) is 3.24 Å². The van der Waals surface area contributed by atoms with Crippen LogP contribution in [0.1, 0.15) is 17.0 Å². The number of rotatable bonds is 6. The van der Waals surface area contributed by atoms with Crippen LogP contribution in [0, 0.1) is 0 Å². The summed E-state index contributed by atoms with van der Waals surface area (Å²) in [6, 6.07) is 21.3. The van der Waals surface area contributed by atoms with Crippen molar-refractivity contribution in [1.29, 1.82) is 0 Å². The molecule has 0 aliphatic heterocycles. The van der Waals surface area contributed by atoms with Crippen LogP contribution in [0.4, 0.5) is 0 Å². The fourth-order valence-electron chi connectivity index (χ4n) is 2.30. The van der Waals surface area contributed by atoms with Gasteiger partial charge in [0, 0.05) is 24.3 Å². The summed E-state index contributed by atoms with van der Waals surface area (Å²) in [5, 5.41) is 0.996. The van der Waals surface area contributed by atoms with Crippen LogP contribution in [0.25, 0.3) is 0 Å². The summed E-state index contributed by atoms with van der Waals surface area (Å²) >= 11 is 3.64. The minimum absolute atomic E-state index is 0.537. The molecule has 0 N–H and O–H groups in total. The van der Waals surface area contributed by atoms with Gasteiger partial charge in [0.2, 0.25) is 0 Å². The van der Waals surface area contributed by atoms with E-state index in [1.54, 1.807) is 0 Å². The number of alkyl halides is 1. The first-order chi connectivity index (χ1) is 9.29. The van der Waals surface area contributed by atoms with E-state index in [9.17, 15) is 0 Å². The lowest BCUT2D eigenvalue weighted by Crippen LogP contribution is -2.25. The highest BCUT2D eigenvalue weighted by molar-refractivity contribution is 9.09. The van der Waals surface area contributed by atoms with E-state index in [-0.39, 0.29) is 0 Å². The third-order valence-electron chi connectivity index (χ3n) is 3.28. The molecular formula is C17H20BrN. The molecule has 0 aromatic heterocycles. The molecule has 19 heavy (non-hydrogen) atoms. The first-order valence-electron chi connectivity index (χ1n) is 6.63. The van der Waals surface area contributed by atoms with Crippen LogP contribution < -0.4 is 0 Å². The Labute approximate surface area is 124 Å². The van der Waals surface area contributed by atoms with Gasteiger partial charge in [-0.05, 0) is 18.2 Å². The number of hydrogen-bond donors (Lipinski definition) is 0. The minimum atomic E-state index is 0.537. The van der Waals surface area contributed by atoms with E-state index < -0.39 is 0 Å². The predicted octanol–water partition coefficient (Wildman–Crippen LogP) is 4.30. The molecule has 2 aromatic carbocycles. The van der Waals surface area contributed by atoms with Crippen LogP contribution in [-0.2, 0) is 6.54 Å². The fraction of sp³-hybridized carbons (Fsp3) is 0.294. The van der Waals surface area contributed by atoms with Gasteiger partial charge >= 0.3 is 0 Å². The molecule has 0 saturated heterocycles. The molecule has 2 heteroatoms. The Balaban J connectivity index is 1.95. The van der Waals surface area contributed by atoms with E-state index in [1.165, 1.54) is 11.1 Å². The third-order valence-corrected chi connectivity index (χ3v) is 4.07. The lowest BCUT2D eigenvalue weighted by Gasteiger charge is -2.23. The molecule has 2 rings (SSSR count). The maximum Gasteiger partial charge on any atom is 0.0230 e. The summed E-state index contributed by atoms with van der Waals surface area (Å²) in [4.78, 5) is 2.38. The van der Waals surface area contributed by atoms with Gasteiger partial charge in [-0.3, -0.25) is 0 Å². The average molecular weight is 318 g/mol. The molecule has 0 radical (unpaired) electrons. The average Bonchev–Trinajstić information content (AvgIpc) is 2.47. The first-order valence-corrected chi connectivity index (χ1v) is 7.75. The van der Waals surface area contributed by atoms with Crippen LogP contribution in [0.5, 0.6) is 0 Å². The molecule has 0 aliphatic carbocycles. The van der Waals surface area contributed by atoms with Crippen molar-refractivity contribution in [2.75, 3.05) is 18.9 Å². The molecule has 1 atom stereocenters. The molecule has 0 amide bonds. The summed E-state index contributed by atoms with van der Waals surface area (Å²) in [7, 11) is 2.19. The molecule has 0 heterocycles. The van der Waals surface area contributed by atoms with E-state index >= 15 is 0 Å². The maximum absolute atomic E-state index is 3.64. The maximum atomic E-state index is 3.64. The molecule has 1 nitrogen and oxygen atoms in total. The summed E-state index contributed by atoms with van der Waals surface area (Å²) in [6.07, 6.45) is 0. The van der Waals surface area contributed by atoms with Crippen LogP contribution in [0.3, 0.4) is 0 Å². The molecule has 0 spiro atoms. The predicted molar refractivity (Wildman–Crippen MR) is 85.8 cm³/mol. The highest BCUT2D eigenvalue weighted by Gasteiger charge is 2.12. The standard InChI is InChI=1S/C17H20BrN/c1-19(13-15-8-4-2-5-9-15)14-17(12-18)16-10-6-3-7-11-16/h2-11,17H,12-14H2,1H3/t17-/m0/s1. The van der Waals surface area contributed by atoms with Crippen molar-refractivity contribution in [3.63, 3.8) is 0 Å². The van der Waals surface area contributed by atoms with Gasteiger partial charge in [0.15, 0.2) is 0 Å². The largest absolute Gasteiger partial charge is 0.301 e. The SMILES string of the molecule is CN(Cc1ccccc1)C[C@H](CBr)c1ccccc1. The van der Waals surface area contributed by atoms with Gasteiger partial charge < -0.3 is 4.90 Å². The van der Waals surface area contributed by atoms with Crippen molar-refractivity contribution in [2.45, 2.75) is 12.5 Å². The minimum Gasteiger partial charge on any atom is -0.301 e. The third kappa shape index (κ3) is 4.48. The Morgan fingerprint density at radius 2 is 1.53 bits per heavy atom. The Kier molecular flexibility index (Phi) is 5.62. The van der Waals surface area contributed by atoms with Gasteiger partial charge in [-0.2, -0.15) is 0 Å². The number of likely N-dealkylation sites (N-methyl/N-ethyl adjacent to an activating group) is 1. The highest BCUT2D eigenvalue weighted by atomic mass is 79.9. The summed E-state index contributed by atoms with van der Waals surface area (Å²) < 4.78 is 0. The van der Waals surface area contributed by atoms with Gasteiger partial charge in [0.05, 0.1) is 0 Å². The van der Waals surface area contributed by atoms with Crippen molar-refractivity contribution in [2.24, 2.45) is 0 Å². The van der Waals surface area contributed by atoms with Crippen LogP contribution in [0.2, 0.25) is 0 Å². The lowest BCUT2D eigenvalue weighted by molar-refractivity contribution is 0.311. The molecule has 0 saturated carbocycles. The number of halogens is 1. The molecule has 0 fully saturated rings. The van der Waals surface area contributed by atoms with Gasteiger partial charge in [0.25, 0.3) is 0 Å². The van der Waals surface area contributed by atoms with Gasteiger partial charge in [-0.15, -0.1) is 0 Å². The van der Waals surface area contributed by atoms with Crippen LogP contribution >= 0.6 is 15.9 Å². The Hall–Kier alpha value is -1.12. The number of nitrogens with zero attached hydrogens (tertiary/aromatic N) is 1. The zero-order chi connectivity index (χ0) is 13.5. The van der Waals surface area contributed by atoms with Crippen LogP contribution in [0.15, 0.2) is 60.7 Å². The zero-order valence-corrected chi connectivity index (χ0v) is 12.9. The van der Waals surface area contributed by atoms with E-state index in [4.69, 9.17) is 0 Å². The summed E-state index contributed by atoms with van der Waals surface area (Å²) in [5.41, 5.74) is 2.77. The Morgan fingerprint density at radius 3 is 2.11 bits per heavy atom. The molecular weight excluding hydrogens is 298 g/mol. The fourth-order valence-corrected chi connectivity index (χ4v) is 2.88. The van der Waals surface area contributed by atoms with Gasteiger partial charge in [-0.1, -0.05) is 76.6 Å². The zero-order valence-electron chi connectivity index (χ0n) is 11.3. The van der Waals surface area contributed by atoms with E-state index in [0.29, 0.717) is 5.92 Å². The van der Waals surface area contributed by atoms with Crippen molar-refractivity contribution < 1.29 is 0 Å². The monoisotopic (exact) mass is 317 g/mol. The highest BCUT2D eigenvalue weighted by Crippen LogP contribution is 2.19. The summed E-state index contributed by atoms with van der Waals surface area (Å²) in [5.74, 6) is 0.537. The van der Waals surface area contributed by atoms with Crippen molar-refractivity contribution >= 4 is 15.9 Å². The van der Waals surface area contributed by atoms with Crippen molar-refractivity contribution in [3.05, 3.63) is 71.8 Å². The second-order valence-electron chi connectivity index (χ2n) is 4.94. The van der Waals surface area contributed by atoms with E-state index in [1.807, 2.05) is 0 Å². The number of hydrogen-bond acceptors (Lipinski definition) is 1. The van der Waals surface area contributed by atoms with Crippen molar-refractivity contribution in [1.82, 2.24) is 4.90 Å².